The summed E-state index contributed by atoms with van der Waals surface area (Å²) in [7, 11) is 0. The molecular weight excluding hydrogens is 290 g/mol. The third kappa shape index (κ3) is 3.85. The Morgan fingerprint density at radius 3 is 2.55 bits per heavy atom. The molecule has 2 rings (SSSR count). The molecule has 0 unspecified atom stereocenters. The standard InChI is InChI=1S/C14H19N3O5/c1-2-3-15-4-5-16-14(18)10-8-12-13(22-7-6-21-12)9-11(10)17(19)20/h8-9,15H,2-7H2,1H3,(H,16,18). The molecule has 0 spiro atoms. The molecule has 0 radical (unpaired) electrons. The van der Waals surface area contributed by atoms with Crippen molar-refractivity contribution >= 4 is 11.6 Å². The Kier molecular flexibility index (Phi) is 5.54. The fourth-order valence-electron chi connectivity index (χ4n) is 2.07. The predicted octanol–water partition coefficient (Wildman–Crippen LogP) is 1.10. The maximum atomic E-state index is 12.1. The third-order valence-electron chi connectivity index (χ3n) is 3.12. The van der Waals surface area contributed by atoms with Crippen LogP contribution in [0.2, 0.25) is 0 Å². The molecule has 1 aliphatic rings. The Morgan fingerprint density at radius 1 is 1.23 bits per heavy atom. The maximum absolute atomic E-state index is 12.1. The quantitative estimate of drug-likeness (QED) is 0.444. The van der Waals surface area contributed by atoms with Gasteiger partial charge in [-0.15, -0.1) is 0 Å². The fraction of sp³-hybridized carbons (Fsp3) is 0.500. The molecule has 8 heteroatoms. The Hall–Kier alpha value is -2.35. The van der Waals surface area contributed by atoms with E-state index in [2.05, 4.69) is 10.6 Å². The summed E-state index contributed by atoms with van der Waals surface area (Å²) in [6, 6.07) is 2.60. The number of carbonyl (C=O) groups excluding carboxylic acids is 1. The van der Waals surface area contributed by atoms with Crippen LogP contribution in [0.5, 0.6) is 11.5 Å². The average molecular weight is 309 g/mol. The number of amides is 1. The van der Waals surface area contributed by atoms with Crippen LogP contribution >= 0.6 is 0 Å². The van der Waals surface area contributed by atoms with Crippen LogP contribution in [0.4, 0.5) is 5.69 Å². The number of fused-ring (bicyclic) bond motifs is 1. The fourth-order valence-corrected chi connectivity index (χ4v) is 2.07. The van der Waals surface area contributed by atoms with Crippen LogP contribution < -0.4 is 20.1 Å². The summed E-state index contributed by atoms with van der Waals surface area (Å²) in [6.45, 7) is 4.60. The lowest BCUT2D eigenvalue weighted by Gasteiger charge is -2.18. The molecule has 0 aliphatic carbocycles. The van der Waals surface area contributed by atoms with Gasteiger partial charge in [-0.05, 0) is 13.0 Å². The van der Waals surface area contributed by atoms with Crippen LogP contribution in [0.25, 0.3) is 0 Å². The second-order valence-electron chi connectivity index (χ2n) is 4.78. The minimum Gasteiger partial charge on any atom is -0.486 e. The van der Waals surface area contributed by atoms with Crippen LogP contribution in [-0.2, 0) is 0 Å². The molecule has 22 heavy (non-hydrogen) atoms. The summed E-state index contributed by atoms with van der Waals surface area (Å²) in [5.74, 6) is 0.146. The van der Waals surface area contributed by atoms with Crippen molar-refractivity contribution in [1.82, 2.24) is 10.6 Å². The summed E-state index contributed by atoms with van der Waals surface area (Å²) in [5.41, 5.74) is -0.312. The van der Waals surface area contributed by atoms with E-state index >= 15 is 0 Å². The molecule has 8 nitrogen and oxygen atoms in total. The number of benzene rings is 1. The molecule has 0 bridgehead atoms. The molecule has 2 N–H and O–H groups in total. The van der Waals surface area contributed by atoms with Crippen LogP contribution in [0.15, 0.2) is 12.1 Å². The van der Waals surface area contributed by atoms with Gasteiger partial charge in [-0.2, -0.15) is 0 Å². The SMILES string of the molecule is CCCNCCNC(=O)c1cc2c(cc1[N+](=O)[O-])OCCO2. The van der Waals surface area contributed by atoms with Crippen LogP contribution in [0.3, 0.4) is 0 Å². The number of nitrogens with zero attached hydrogens (tertiary/aromatic N) is 1. The highest BCUT2D eigenvalue weighted by atomic mass is 16.6. The number of rotatable bonds is 7. The second kappa shape index (κ2) is 7.60. The van der Waals surface area contributed by atoms with E-state index in [0.717, 1.165) is 13.0 Å². The van der Waals surface area contributed by atoms with E-state index < -0.39 is 10.8 Å². The van der Waals surface area contributed by atoms with E-state index in [0.29, 0.717) is 37.8 Å². The summed E-state index contributed by atoms with van der Waals surface area (Å²) >= 11 is 0. The number of carbonyl (C=O) groups is 1. The van der Waals surface area contributed by atoms with Crippen molar-refractivity contribution in [2.45, 2.75) is 13.3 Å². The van der Waals surface area contributed by atoms with E-state index in [1.165, 1.54) is 12.1 Å². The van der Waals surface area contributed by atoms with E-state index in [9.17, 15) is 14.9 Å². The van der Waals surface area contributed by atoms with Crippen molar-refractivity contribution < 1.29 is 19.2 Å². The largest absolute Gasteiger partial charge is 0.486 e. The highest BCUT2D eigenvalue weighted by Gasteiger charge is 2.26. The molecule has 1 aliphatic heterocycles. The molecule has 0 fully saturated rings. The molecule has 0 saturated heterocycles. The van der Waals surface area contributed by atoms with Crippen LogP contribution in [0, 0.1) is 10.1 Å². The van der Waals surface area contributed by atoms with Gasteiger partial charge in [-0.1, -0.05) is 6.92 Å². The minimum atomic E-state index is -0.595. The van der Waals surface area contributed by atoms with Crippen molar-refractivity contribution in [3.05, 3.63) is 27.8 Å². The number of nitro benzene ring substituents is 1. The number of ether oxygens (including phenoxy) is 2. The van der Waals surface area contributed by atoms with Crippen molar-refractivity contribution in [3.63, 3.8) is 0 Å². The highest BCUT2D eigenvalue weighted by Crippen LogP contribution is 2.36. The van der Waals surface area contributed by atoms with Gasteiger partial charge in [0.05, 0.1) is 11.0 Å². The smallest absolute Gasteiger partial charge is 0.286 e. The average Bonchev–Trinajstić information content (AvgIpc) is 2.53. The third-order valence-corrected chi connectivity index (χ3v) is 3.12. The number of hydrogen-bond donors (Lipinski definition) is 2. The van der Waals surface area contributed by atoms with E-state index in [1.807, 2.05) is 6.92 Å². The molecule has 0 aromatic heterocycles. The van der Waals surface area contributed by atoms with Gasteiger partial charge in [0.2, 0.25) is 0 Å². The van der Waals surface area contributed by atoms with Crippen molar-refractivity contribution in [2.75, 3.05) is 32.8 Å². The normalized spacial score (nSPS) is 12.8. The number of hydrogen-bond acceptors (Lipinski definition) is 6. The number of nitrogens with one attached hydrogen (secondary N) is 2. The Morgan fingerprint density at radius 2 is 1.91 bits per heavy atom. The summed E-state index contributed by atoms with van der Waals surface area (Å²) in [4.78, 5) is 22.7. The van der Waals surface area contributed by atoms with Crippen molar-refractivity contribution in [2.24, 2.45) is 0 Å². The first-order chi connectivity index (χ1) is 10.6. The zero-order valence-corrected chi connectivity index (χ0v) is 12.4. The predicted molar refractivity (Wildman–Crippen MR) is 79.6 cm³/mol. The lowest BCUT2D eigenvalue weighted by Crippen LogP contribution is -2.32. The first-order valence-electron chi connectivity index (χ1n) is 7.20. The summed E-state index contributed by atoms with van der Waals surface area (Å²) < 4.78 is 10.7. The molecular formula is C14H19N3O5. The van der Waals surface area contributed by atoms with Gasteiger partial charge < -0.3 is 20.1 Å². The van der Waals surface area contributed by atoms with Gasteiger partial charge >= 0.3 is 0 Å². The van der Waals surface area contributed by atoms with Gasteiger partial charge in [-0.25, -0.2) is 0 Å². The molecule has 1 amide bonds. The van der Waals surface area contributed by atoms with Crippen LogP contribution in [-0.4, -0.2) is 43.7 Å². The topological polar surface area (TPSA) is 103 Å². The maximum Gasteiger partial charge on any atom is 0.286 e. The van der Waals surface area contributed by atoms with Gasteiger partial charge in [0.1, 0.15) is 18.8 Å². The molecule has 1 aromatic carbocycles. The Balaban J connectivity index is 2.10. The highest BCUT2D eigenvalue weighted by molar-refractivity contribution is 5.99. The molecule has 0 saturated carbocycles. The zero-order valence-electron chi connectivity index (χ0n) is 12.4. The molecule has 1 aromatic rings. The Bertz CT molecular complexity index is 562. The van der Waals surface area contributed by atoms with Gasteiger partial charge in [0, 0.05) is 19.2 Å². The number of nitro groups is 1. The zero-order chi connectivity index (χ0) is 15.9. The molecule has 120 valence electrons. The van der Waals surface area contributed by atoms with Gasteiger partial charge in [0.15, 0.2) is 11.5 Å². The lowest BCUT2D eigenvalue weighted by molar-refractivity contribution is -0.385. The van der Waals surface area contributed by atoms with Gasteiger partial charge in [0.25, 0.3) is 11.6 Å². The lowest BCUT2D eigenvalue weighted by atomic mass is 10.1. The van der Waals surface area contributed by atoms with Gasteiger partial charge in [-0.3, -0.25) is 14.9 Å². The van der Waals surface area contributed by atoms with E-state index in [-0.39, 0.29) is 11.3 Å². The van der Waals surface area contributed by atoms with E-state index in [4.69, 9.17) is 9.47 Å². The molecule has 0 atom stereocenters. The van der Waals surface area contributed by atoms with E-state index in [1.54, 1.807) is 0 Å². The van der Waals surface area contributed by atoms with Crippen molar-refractivity contribution in [3.8, 4) is 11.5 Å². The Labute approximate surface area is 127 Å². The monoisotopic (exact) mass is 309 g/mol. The first kappa shape index (κ1) is 16.0. The minimum absolute atomic E-state index is 0.0234. The first-order valence-corrected chi connectivity index (χ1v) is 7.20. The second-order valence-corrected chi connectivity index (χ2v) is 4.78. The summed E-state index contributed by atoms with van der Waals surface area (Å²) in [6.07, 6.45) is 1.00. The van der Waals surface area contributed by atoms with Crippen molar-refractivity contribution in [1.29, 1.82) is 0 Å². The summed E-state index contributed by atoms with van der Waals surface area (Å²) in [5, 5.41) is 16.9. The van der Waals surface area contributed by atoms with Crippen LogP contribution in [0.1, 0.15) is 23.7 Å². The molecule has 1 heterocycles.